The van der Waals surface area contributed by atoms with Gasteiger partial charge >= 0.3 is 0 Å². The SMILES string of the molecule is Nc1cccc(C(=O)c2c[nH]c3ncc(C4=CC=C(F)CC4)cc23)c1. The van der Waals surface area contributed by atoms with Gasteiger partial charge in [0.15, 0.2) is 5.78 Å². The maximum Gasteiger partial charge on any atom is 0.195 e. The van der Waals surface area contributed by atoms with Crippen LogP contribution in [-0.2, 0) is 0 Å². The van der Waals surface area contributed by atoms with Gasteiger partial charge in [-0.3, -0.25) is 4.79 Å². The van der Waals surface area contributed by atoms with E-state index in [4.69, 9.17) is 5.73 Å². The number of nitrogens with one attached hydrogen (secondary N) is 1. The van der Waals surface area contributed by atoms with Gasteiger partial charge in [-0.15, -0.1) is 0 Å². The number of nitrogens with two attached hydrogens (primary N) is 1. The van der Waals surface area contributed by atoms with Gasteiger partial charge in [-0.25, -0.2) is 9.37 Å². The average Bonchev–Trinajstić information content (AvgIpc) is 3.05. The molecule has 1 aliphatic carbocycles. The Labute approximate surface area is 143 Å². The zero-order valence-electron chi connectivity index (χ0n) is 13.4. The Hall–Kier alpha value is -3.21. The van der Waals surface area contributed by atoms with Crippen LogP contribution < -0.4 is 5.73 Å². The van der Waals surface area contributed by atoms with E-state index in [1.165, 1.54) is 6.08 Å². The van der Waals surface area contributed by atoms with Crippen molar-refractivity contribution in [3.63, 3.8) is 0 Å². The van der Waals surface area contributed by atoms with Crippen molar-refractivity contribution < 1.29 is 9.18 Å². The molecule has 0 unspecified atom stereocenters. The van der Waals surface area contributed by atoms with Crippen molar-refractivity contribution >= 4 is 28.1 Å². The number of fused-ring (bicyclic) bond motifs is 1. The summed E-state index contributed by atoms with van der Waals surface area (Å²) in [5.41, 5.74) is 9.97. The predicted octanol–water partition coefficient (Wildman–Crippen LogP) is 4.41. The smallest absolute Gasteiger partial charge is 0.195 e. The first-order valence-corrected chi connectivity index (χ1v) is 8.05. The van der Waals surface area contributed by atoms with Gasteiger partial charge < -0.3 is 10.7 Å². The van der Waals surface area contributed by atoms with Crippen molar-refractivity contribution in [3.05, 3.63) is 77.4 Å². The number of halogens is 1. The molecule has 2 heterocycles. The standard InChI is InChI=1S/C20H16FN3O/c21-15-6-4-12(5-7-15)14-9-17-18(11-24-20(17)23-10-14)19(25)13-2-1-3-16(22)8-13/h1-4,6,8-11H,5,7,22H2,(H,23,24). The zero-order valence-corrected chi connectivity index (χ0v) is 13.4. The van der Waals surface area contributed by atoms with E-state index in [1.807, 2.05) is 6.07 Å². The van der Waals surface area contributed by atoms with Crippen LogP contribution in [0.3, 0.4) is 0 Å². The minimum Gasteiger partial charge on any atom is -0.399 e. The molecule has 3 N–H and O–H groups in total. The Morgan fingerprint density at radius 2 is 2.08 bits per heavy atom. The second kappa shape index (κ2) is 6.02. The van der Waals surface area contributed by atoms with Crippen LogP contribution in [0.25, 0.3) is 16.6 Å². The maximum atomic E-state index is 13.2. The highest BCUT2D eigenvalue weighted by Crippen LogP contribution is 2.30. The third-order valence-corrected chi connectivity index (χ3v) is 4.39. The molecule has 5 heteroatoms. The fourth-order valence-electron chi connectivity index (χ4n) is 3.05. The van der Waals surface area contributed by atoms with Crippen LogP contribution in [0.2, 0.25) is 0 Å². The number of anilines is 1. The average molecular weight is 333 g/mol. The van der Waals surface area contributed by atoms with E-state index in [0.717, 1.165) is 16.5 Å². The number of aromatic amines is 1. The third kappa shape index (κ3) is 2.85. The number of aromatic nitrogens is 2. The topological polar surface area (TPSA) is 71.8 Å². The molecule has 0 aliphatic heterocycles. The predicted molar refractivity (Wildman–Crippen MR) is 96.8 cm³/mol. The summed E-state index contributed by atoms with van der Waals surface area (Å²) in [5, 5.41) is 0.751. The van der Waals surface area contributed by atoms with Crippen molar-refractivity contribution in [2.75, 3.05) is 5.73 Å². The van der Waals surface area contributed by atoms with Crippen molar-refractivity contribution in [2.45, 2.75) is 12.8 Å². The molecule has 0 fully saturated rings. The van der Waals surface area contributed by atoms with Crippen molar-refractivity contribution in [1.29, 1.82) is 0 Å². The quantitative estimate of drug-likeness (QED) is 0.551. The number of carbonyl (C=O) groups is 1. The van der Waals surface area contributed by atoms with Crippen molar-refractivity contribution in [1.82, 2.24) is 9.97 Å². The van der Waals surface area contributed by atoms with Gasteiger partial charge in [0.1, 0.15) is 11.5 Å². The van der Waals surface area contributed by atoms with E-state index in [-0.39, 0.29) is 11.6 Å². The number of hydrogen-bond donors (Lipinski definition) is 2. The lowest BCUT2D eigenvalue weighted by molar-refractivity contribution is 0.104. The monoisotopic (exact) mass is 333 g/mol. The van der Waals surface area contributed by atoms with E-state index in [1.54, 1.807) is 42.7 Å². The Balaban J connectivity index is 1.78. The molecule has 0 bridgehead atoms. The van der Waals surface area contributed by atoms with E-state index < -0.39 is 0 Å². The number of hydrogen-bond acceptors (Lipinski definition) is 3. The summed E-state index contributed by atoms with van der Waals surface area (Å²) in [4.78, 5) is 20.3. The summed E-state index contributed by atoms with van der Waals surface area (Å²) in [6.45, 7) is 0. The van der Waals surface area contributed by atoms with Crippen LogP contribution in [0.4, 0.5) is 10.1 Å². The number of rotatable bonds is 3. The summed E-state index contributed by atoms with van der Waals surface area (Å²) >= 11 is 0. The molecular weight excluding hydrogens is 317 g/mol. The van der Waals surface area contributed by atoms with Crippen LogP contribution >= 0.6 is 0 Å². The third-order valence-electron chi connectivity index (χ3n) is 4.39. The highest BCUT2D eigenvalue weighted by molar-refractivity contribution is 6.16. The van der Waals surface area contributed by atoms with Gasteiger partial charge in [0.05, 0.1) is 0 Å². The first-order valence-electron chi connectivity index (χ1n) is 8.05. The highest BCUT2D eigenvalue weighted by atomic mass is 19.1. The molecule has 1 aliphatic rings. The van der Waals surface area contributed by atoms with E-state index >= 15 is 0 Å². The number of benzene rings is 1. The molecule has 0 amide bonds. The second-order valence-electron chi connectivity index (χ2n) is 6.08. The van der Waals surface area contributed by atoms with Crippen molar-refractivity contribution in [3.8, 4) is 0 Å². The minimum atomic E-state index is -0.114. The highest BCUT2D eigenvalue weighted by Gasteiger charge is 2.17. The lowest BCUT2D eigenvalue weighted by Crippen LogP contribution is -2.01. The number of nitrogen functional groups attached to an aromatic ring is 1. The second-order valence-corrected chi connectivity index (χ2v) is 6.08. The van der Waals surface area contributed by atoms with Crippen LogP contribution in [-0.4, -0.2) is 15.8 Å². The minimum absolute atomic E-state index is 0.110. The molecule has 0 saturated heterocycles. The summed E-state index contributed by atoms with van der Waals surface area (Å²) < 4.78 is 13.2. The normalized spacial score (nSPS) is 14.3. The van der Waals surface area contributed by atoms with E-state index in [0.29, 0.717) is 35.3 Å². The fourth-order valence-corrected chi connectivity index (χ4v) is 3.05. The Kier molecular flexibility index (Phi) is 3.69. The molecule has 3 aromatic rings. The molecule has 2 aromatic heterocycles. The molecule has 0 radical (unpaired) electrons. The van der Waals surface area contributed by atoms with Crippen LogP contribution in [0.5, 0.6) is 0 Å². The van der Waals surface area contributed by atoms with Gasteiger partial charge in [-0.05, 0) is 41.8 Å². The van der Waals surface area contributed by atoms with Crippen LogP contribution in [0.15, 0.2) is 60.7 Å². The van der Waals surface area contributed by atoms with Gasteiger partial charge in [-0.1, -0.05) is 18.2 Å². The summed E-state index contributed by atoms with van der Waals surface area (Å²) in [5.74, 6) is -0.224. The molecule has 1 aromatic carbocycles. The summed E-state index contributed by atoms with van der Waals surface area (Å²) in [6.07, 6.45) is 7.69. The Morgan fingerprint density at radius 1 is 1.20 bits per heavy atom. The van der Waals surface area contributed by atoms with Gasteiger partial charge in [0.25, 0.3) is 0 Å². The van der Waals surface area contributed by atoms with Gasteiger partial charge in [0, 0.05) is 41.0 Å². The van der Waals surface area contributed by atoms with Gasteiger partial charge in [-0.2, -0.15) is 0 Å². The lowest BCUT2D eigenvalue weighted by Gasteiger charge is -2.10. The summed E-state index contributed by atoms with van der Waals surface area (Å²) in [7, 11) is 0. The number of H-pyrrole nitrogens is 1. The first kappa shape index (κ1) is 15.3. The maximum absolute atomic E-state index is 13.2. The zero-order chi connectivity index (χ0) is 17.4. The molecule has 4 nitrogen and oxygen atoms in total. The fraction of sp³-hybridized carbons (Fsp3) is 0.100. The number of carbonyl (C=O) groups excluding carboxylic acids is 1. The molecular formula is C20H16FN3O. The van der Waals surface area contributed by atoms with Crippen LogP contribution in [0, 0.1) is 0 Å². The number of pyridine rings is 1. The largest absolute Gasteiger partial charge is 0.399 e. The molecule has 0 atom stereocenters. The molecule has 0 saturated carbocycles. The van der Waals surface area contributed by atoms with E-state index in [2.05, 4.69) is 9.97 Å². The van der Waals surface area contributed by atoms with Crippen LogP contribution in [0.1, 0.15) is 34.3 Å². The Bertz CT molecular complexity index is 1050. The molecule has 4 rings (SSSR count). The summed E-state index contributed by atoms with van der Waals surface area (Å²) in [6, 6.07) is 8.84. The number of nitrogens with zero attached hydrogens (tertiary/aromatic N) is 1. The van der Waals surface area contributed by atoms with Gasteiger partial charge in [0.2, 0.25) is 0 Å². The number of allylic oxidation sites excluding steroid dienone is 4. The molecule has 25 heavy (non-hydrogen) atoms. The lowest BCUT2D eigenvalue weighted by atomic mass is 9.96. The number of ketones is 1. The van der Waals surface area contributed by atoms with Crippen molar-refractivity contribution in [2.24, 2.45) is 0 Å². The Morgan fingerprint density at radius 3 is 2.84 bits per heavy atom. The van der Waals surface area contributed by atoms with E-state index in [9.17, 15) is 9.18 Å². The first-order chi connectivity index (χ1) is 12.1. The molecule has 124 valence electrons. The molecule has 0 spiro atoms.